The van der Waals surface area contributed by atoms with E-state index < -0.39 is 18.1 Å². The summed E-state index contributed by atoms with van der Waals surface area (Å²) in [6.07, 6.45) is 2.23. The van der Waals surface area contributed by atoms with Crippen LogP contribution in [0.15, 0.2) is 54.6 Å². The van der Waals surface area contributed by atoms with Crippen molar-refractivity contribution in [3.05, 3.63) is 88.5 Å². The lowest BCUT2D eigenvalue weighted by Gasteiger charge is -2.30. The molecule has 0 bridgehead atoms. The third-order valence-electron chi connectivity index (χ3n) is 8.87. The highest BCUT2D eigenvalue weighted by Gasteiger charge is 2.38. The summed E-state index contributed by atoms with van der Waals surface area (Å²) in [7, 11) is 1.33. The first-order chi connectivity index (χ1) is 19.6. The zero-order valence-electron chi connectivity index (χ0n) is 23.7. The average Bonchev–Trinajstić information content (AvgIpc) is 3.73. The molecule has 2 atom stereocenters. The Labute approximate surface area is 238 Å². The molecule has 218 valence electrons. The summed E-state index contributed by atoms with van der Waals surface area (Å²) < 4.78 is 68.5. The normalized spacial score (nSPS) is 18.9. The number of hydrogen-bond donors (Lipinski definition) is 0. The maximum atomic E-state index is 15.6. The predicted octanol–water partition coefficient (Wildman–Crippen LogP) is 9.50. The Morgan fingerprint density at radius 3 is 2.44 bits per heavy atom. The summed E-state index contributed by atoms with van der Waals surface area (Å²) in [5.41, 5.74) is 2.59. The molecule has 0 heterocycles. The van der Waals surface area contributed by atoms with Crippen LogP contribution in [0.5, 0.6) is 5.75 Å². The number of alkyl halides is 2. The van der Waals surface area contributed by atoms with Crippen molar-refractivity contribution >= 4 is 5.97 Å². The molecule has 5 rings (SSSR count). The van der Waals surface area contributed by atoms with E-state index in [1.54, 1.807) is 30.3 Å². The van der Waals surface area contributed by atoms with Gasteiger partial charge in [0.15, 0.2) is 11.6 Å². The number of carbonyl (C=O) groups excluding carboxylic acids is 1. The van der Waals surface area contributed by atoms with Gasteiger partial charge in [-0.25, -0.2) is 17.6 Å². The molecule has 2 saturated carbocycles. The fourth-order valence-corrected chi connectivity index (χ4v) is 6.40. The fourth-order valence-electron chi connectivity index (χ4n) is 6.40. The minimum Gasteiger partial charge on any atom is -0.486 e. The Balaban J connectivity index is 1.46. The third-order valence-corrected chi connectivity index (χ3v) is 8.87. The molecule has 3 aromatic carbocycles. The van der Waals surface area contributed by atoms with Gasteiger partial charge in [0.05, 0.1) is 13.5 Å². The van der Waals surface area contributed by atoms with Crippen LogP contribution in [0.2, 0.25) is 0 Å². The van der Waals surface area contributed by atoms with Crippen molar-refractivity contribution in [2.24, 2.45) is 11.3 Å². The van der Waals surface area contributed by atoms with E-state index in [1.165, 1.54) is 13.2 Å². The van der Waals surface area contributed by atoms with Crippen LogP contribution in [-0.4, -0.2) is 13.1 Å². The molecule has 2 fully saturated rings. The maximum absolute atomic E-state index is 15.6. The molecule has 0 N–H and O–H groups in total. The van der Waals surface area contributed by atoms with Crippen molar-refractivity contribution in [1.82, 2.24) is 0 Å². The van der Waals surface area contributed by atoms with Crippen molar-refractivity contribution < 1.29 is 31.8 Å². The Hall–Kier alpha value is -3.35. The van der Waals surface area contributed by atoms with Crippen molar-refractivity contribution in [2.75, 3.05) is 7.11 Å². The third kappa shape index (κ3) is 6.29. The molecule has 7 heteroatoms. The Morgan fingerprint density at radius 2 is 1.78 bits per heavy atom. The number of rotatable bonds is 10. The highest BCUT2D eigenvalue weighted by atomic mass is 19.3. The topological polar surface area (TPSA) is 35.5 Å². The fraction of sp³-hybridized carbons (Fsp3) is 0.441. The van der Waals surface area contributed by atoms with Crippen LogP contribution in [0, 0.1) is 23.0 Å². The smallest absolute Gasteiger partial charge is 0.306 e. The number of methoxy groups -OCH3 is 1. The zero-order valence-corrected chi connectivity index (χ0v) is 23.7. The van der Waals surface area contributed by atoms with E-state index in [2.05, 4.69) is 13.8 Å². The van der Waals surface area contributed by atoms with E-state index in [-0.39, 0.29) is 59.0 Å². The Bertz CT molecular complexity index is 1410. The van der Waals surface area contributed by atoms with Gasteiger partial charge in [-0.2, -0.15) is 0 Å². The summed E-state index contributed by atoms with van der Waals surface area (Å²) >= 11 is 0. The summed E-state index contributed by atoms with van der Waals surface area (Å²) in [6.45, 7) is 4.43. The zero-order chi connectivity index (χ0) is 29.3. The van der Waals surface area contributed by atoms with Gasteiger partial charge in [0.2, 0.25) is 0 Å². The number of benzene rings is 3. The SMILES string of the molecule is COC(=O)C[C@H](c1cccc(OCc2ccc(-c3cc(C(F)F)ccc3F)c([C@@H]3CCCC3(C)C)c2)c1F)C1CC1. The van der Waals surface area contributed by atoms with Crippen molar-refractivity contribution in [1.29, 1.82) is 0 Å². The van der Waals surface area contributed by atoms with Gasteiger partial charge in [-0.3, -0.25) is 4.79 Å². The molecule has 0 aliphatic heterocycles. The van der Waals surface area contributed by atoms with E-state index in [4.69, 9.17) is 9.47 Å². The molecule has 2 aliphatic rings. The lowest BCUT2D eigenvalue weighted by Crippen LogP contribution is -2.17. The second kappa shape index (κ2) is 11.9. The van der Waals surface area contributed by atoms with Gasteiger partial charge >= 0.3 is 5.97 Å². The van der Waals surface area contributed by atoms with Gasteiger partial charge in [0, 0.05) is 17.0 Å². The van der Waals surface area contributed by atoms with Crippen LogP contribution >= 0.6 is 0 Å². The molecular formula is C34H36F4O3. The van der Waals surface area contributed by atoms with Gasteiger partial charge in [0.25, 0.3) is 6.43 Å². The van der Waals surface area contributed by atoms with Crippen LogP contribution in [0.25, 0.3) is 11.1 Å². The average molecular weight is 569 g/mol. The van der Waals surface area contributed by atoms with Gasteiger partial charge in [-0.05, 0) is 83.4 Å². The highest BCUT2D eigenvalue weighted by molar-refractivity contribution is 5.71. The van der Waals surface area contributed by atoms with Crippen LogP contribution < -0.4 is 4.74 Å². The van der Waals surface area contributed by atoms with Crippen LogP contribution in [0.4, 0.5) is 17.6 Å². The largest absolute Gasteiger partial charge is 0.486 e. The van der Waals surface area contributed by atoms with Crippen LogP contribution in [0.1, 0.15) is 92.9 Å². The minimum absolute atomic E-state index is 0.0526. The lowest BCUT2D eigenvalue weighted by molar-refractivity contribution is -0.141. The molecule has 0 amide bonds. The molecule has 3 aromatic rings. The molecule has 0 spiro atoms. The number of hydrogen-bond acceptors (Lipinski definition) is 3. The van der Waals surface area contributed by atoms with E-state index in [9.17, 15) is 13.6 Å². The van der Waals surface area contributed by atoms with Crippen molar-refractivity contribution in [3.8, 4) is 16.9 Å². The minimum atomic E-state index is -2.70. The molecule has 41 heavy (non-hydrogen) atoms. The second-order valence-electron chi connectivity index (χ2n) is 12.1. The van der Waals surface area contributed by atoms with Gasteiger partial charge in [-0.15, -0.1) is 0 Å². The molecule has 2 aliphatic carbocycles. The van der Waals surface area contributed by atoms with Gasteiger partial charge in [0.1, 0.15) is 12.4 Å². The van der Waals surface area contributed by atoms with Gasteiger partial charge < -0.3 is 9.47 Å². The monoisotopic (exact) mass is 568 g/mol. The second-order valence-corrected chi connectivity index (χ2v) is 12.1. The summed E-state index contributed by atoms with van der Waals surface area (Å²) in [5, 5.41) is 0. The standard InChI is InChI=1S/C34H36F4O3/c1-34(2)15-5-7-28(34)26-16-20(9-13-23(26)27-17-22(33(37)38)12-14-29(27)35)19-41-30-8-4-6-24(32(30)36)25(21-10-11-21)18-31(39)40-3/h4,6,8-9,12-14,16-17,21,25,28,33H,5,7,10-11,15,18-19H2,1-3H3/t25-,28-/m0/s1. The van der Waals surface area contributed by atoms with Crippen LogP contribution in [-0.2, 0) is 16.1 Å². The molecule has 0 saturated heterocycles. The molecule has 0 unspecified atom stereocenters. The Morgan fingerprint density at radius 1 is 1.00 bits per heavy atom. The number of esters is 1. The van der Waals surface area contributed by atoms with Crippen molar-refractivity contribution in [3.63, 3.8) is 0 Å². The van der Waals surface area contributed by atoms with Crippen LogP contribution in [0.3, 0.4) is 0 Å². The Kier molecular flexibility index (Phi) is 8.44. The number of carbonyl (C=O) groups is 1. The summed E-state index contributed by atoms with van der Waals surface area (Å²) in [4.78, 5) is 12.0. The predicted molar refractivity (Wildman–Crippen MR) is 150 cm³/mol. The summed E-state index contributed by atoms with van der Waals surface area (Å²) in [5.74, 6) is -1.22. The quantitative estimate of drug-likeness (QED) is 0.181. The molecule has 0 aromatic heterocycles. The molecule has 0 radical (unpaired) electrons. The highest BCUT2D eigenvalue weighted by Crippen LogP contribution is 2.51. The molecule has 3 nitrogen and oxygen atoms in total. The first-order valence-electron chi connectivity index (χ1n) is 14.3. The van der Waals surface area contributed by atoms with E-state index >= 15 is 8.78 Å². The van der Waals surface area contributed by atoms with E-state index in [0.717, 1.165) is 55.4 Å². The first kappa shape index (κ1) is 29.2. The molecular weight excluding hydrogens is 532 g/mol. The number of ether oxygens (including phenoxy) is 2. The first-order valence-corrected chi connectivity index (χ1v) is 14.3. The van der Waals surface area contributed by atoms with E-state index in [1.807, 2.05) is 6.07 Å². The van der Waals surface area contributed by atoms with Gasteiger partial charge in [-0.1, -0.05) is 56.7 Å². The number of halogens is 4. The maximum Gasteiger partial charge on any atom is 0.306 e. The summed E-state index contributed by atoms with van der Waals surface area (Å²) in [6, 6.07) is 14.0. The van der Waals surface area contributed by atoms with Crippen molar-refractivity contribution in [2.45, 2.75) is 77.2 Å². The lowest BCUT2D eigenvalue weighted by atomic mass is 9.75. The van der Waals surface area contributed by atoms with E-state index in [0.29, 0.717) is 11.1 Å².